The van der Waals surface area contributed by atoms with E-state index >= 15 is 0 Å². The first-order valence-corrected chi connectivity index (χ1v) is 5.73. The van der Waals surface area contributed by atoms with Crippen molar-refractivity contribution in [3.8, 4) is 11.6 Å². The number of nitrogens with one attached hydrogen (secondary N) is 1. The summed E-state index contributed by atoms with van der Waals surface area (Å²) in [6.07, 6.45) is 2.73. The number of hydrogen-bond acceptors (Lipinski definition) is 8. The maximum absolute atomic E-state index is 9.57. The smallest absolute Gasteiger partial charge is 0.294 e. The molecule has 0 saturated heterocycles. The first-order valence-electron chi connectivity index (χ1n) is 5.73. The van der Waals surface area contributed by atoms with E-state index in [9.17, 15) is 10.2 Å². The Kier molecular flexibility index (Phi) is 3.91. The van der Waals surface area contributed by atoms with E-state index in [1.165, 1.54) is 23.9 Å². The number of aryl methyl sites for hydroxylation is 2. The molecule has 0 spiro atoms. The van der Waals surface area contributed by atoms with Gasteiger partial charge >= 0.3 is 0 Å². The van der Waals surface area contributed by atoms with Gasteiger partial charge in [0.1, 0.15) is 0 Å². The van der Waals surface area contributed by atoms with E-state index in [1.54, 1.807) is 13.0 Å². The molecular weight excluding hydrogens is 264 g/mol. The van der Waals surface area contributed by atoms with Gasteiger partial charge in [-0.05, 0) is 26.0 Å². The molecule has 0 aliphatic heterocycles. The molecular formula is C12H14N4O4. The van der Waals surface area contributed by atoms with Crippen molar-refractivity contribution < 1.29 is 20.2 Å². The van der Waals surface area contributed by atoms with Crippen LogP contribution >= 0.6 is 0 Å². The van der Waals surface area contributed by atoms with Crippen LogP contribution in [0.2, 0.25) is 0 Å². The van der Waals surface area contributed by atoms with Gasteiger partial charge in [0.15, 0.2) is 11.4 Å². The van der Waals surface area contributed by atoms with E-state index < -0.39 is 5.91 Å². The van der Waals surface area contributed by atoms with Crippen molar-refractivity contribution in [3.63, 3.8) is 0 Å². The maximum atomic E-state index is 9.57. The number of nitrogens with zero attached hydrogens (tertiary/aromatic N) is 3. The molecule has 0 radical (unpaired) electrons. The van der Waals surface area contributed by atoms with E-state index in [4.69, 9.17) is 9.94 Å². The lowest BCUT2D eigenvalue weighted by Gasteiger charge is -2.20. The second kappa shape index (κ2) is 5.47. The molecule has 8 nitrogen and oxygen atoms in total. The highest BCUT2D eigenvalue weighted by Crippen LogP contribution is 2.27. The van der Waals surface area contributed by atoms with Gasteiger partial charge in [-0.2, -0.15) is 0 Å². The van der Waals surface area contributed by atoms with Crippen LogP contribution in [0.25, 0.3) is 0 Å². The lowest BCUT2D eigenvalue weighted by molar-refractivity contribution is -0.253. The lowest BCUT2D eigenvalue weighted by atomic mass is 10.2. The van der Waals surface area contributed by atoms with Crippen LogP contribution in [0.5, 0.6) is 11.6 Å². The Labute approximate surface area is 114 Å². The minimum atomic E-state index is -2.73. The third-order valence-electron chi connectivity index (χ3n) is 2.64. The number of aliphatic hydroxyl groups is 2. The summed E-state index contributed by atoms with van der Waals surface area (Å²) >= 11 is 0. The number of rotatable bonds is 4. The third-order valence-corrected chi connectivity index (χ3v) is 2.64. The Balaban J connectivity index is 2.36. The van der Waals surface area contributed by atoms with E-state index in [1.807, 2.05) is 6.92 Å². The van der Waals surface area contributed by atoms with E-state index in [0.717, 1.165) is 5.69 Å². The minimum absolute atomic E-state index is 0.0246. The van der Waals surface area contributed by atoms with E-state index in [0.29, 0.717) is 5.69 Å². The molecule has 2 rings (SSSR count). The topological polar surface area (TPSA) is 121 Å². The van der Waals surface area contributed by atoms with E-state index in [2.05, 4.69) is 15.0 Å². The monoisotopic (exact) mass is 278 g/mol. The van der Waals surface area contributed by atoms with Crippen molar-refractivity contribution in [2.45, 2.75) is 19.8 Å². The van der Waals surface area contributed by atoms with Gasteiger partial charge in [-0.25, -0.2) is 4.98 Å². The Morgan fingerprint density at radius 1 is 1.20 bits per heavy atom. The highest BCUT2D eigenvalue weighted by molar-refractivity contribution is 5.33. The molecule has 2 aromatic heterocycles. The fourth-order valence-corrected chi connectivity index (χ4v) is 1.47. The molecule has 0 amide bonds. The summed E-state index contributed by atoms with van der Waals surface area (Å²) in [7, 11) is 0. The molecule has 0 aromatic carbocycles. The number of hydrogen-bond donors (Lipinski definition) is 4. The van der Waals surface area contributed by atoms with Gasteiger partial charge in [-0.3, -0.25) is 9.97 Å². The average Bonchev–Trinajstić information content (AvgIpc) is 2.43. The Hall–Kier alpha value is -2.13. The molecule has 0 fully saturated rings. The highest BCUT2D eigenvalue weighted by Gasteiger charge is 2.31. The fourth-order valence-electron chi connectivity index (χ4n) is 1.47. The average molecular weight is 278 g/mol. The molecule has 8 heteroatoms. The van der Waals surface area contributed by atoms with Crippen LogP contribution in [0.1, 0.15) is 17.1 Å². The lowest BCUT2D eigenvalue weighted by Crippen LogP contribution is -2.40. The van der Waals surface area contributed by atoms with E-state index in [-0.39, 0.29) is 17.3 Å². The quantitative estimate of drug-likeness (QED) is 0.467. The zero-order chi connectivity index (χ0) is 14.8. The van der Waals surface area contributed by atoms with Gasteiger partial charge in [0.25, 0.3) is 5.91 Å². The molecule has 0 atom stereocenters. The second-order valence-electron chi connectivity index (χ2n) is 4.12. The summed E-state index contributed by atoms with van der Waals surface area (Å²) in [5.41, 5.74) is 2.48. The van der Waals surface area contributed by atoms with Crippen molar-refractivity contribution in [1.29, 1.82) is 0 Å². The van der Waals surface area contributed by atoms with Crippen LogP contribution in [0.15, 0.2) is 24.5 Å². The standard InChI is InChI=1S/C12H14N4O4/c1-7-8(2)15-10(6-14-7)20-9-4-3-5-13-11(9)12(17,18)16-19/h3-6,16-19H,1-2H3. The predicted molar refractivity (Wildman–Crippen MR) is 66.9 cm³/mol. The summed E-state index contributed by atoms with van der Waals surface area (Å²) < 4.78 is 5.43. The summed E-state index contributed by atoms with van der Waals surface area (Å²) in [5.74, 6) is -2.53. The molecule has 0 bridgehead atoms. The van der Waals surface area contributed by atoms with Gasteiger partial charge in [-0.1, -0.05) is 0 Å². The van der Waals surface area contributed by atoms with Crippen molar-refractivity contribution in [1.82, 2.24) is 20.4 Å². The number of pyridine rings is 1. The summed E-state index contributed by atoms with van der Waals surface area (Å²) in [4.78, 5) is 12.0. The molecule has 20 heavy (non-hydrogen) atoms. The van der Waals surface area contributed by atoms with Crippen LogP contribution in [-0.4, -0.2) is 30.4 Å². The number of aromatic nitrogens is 3. The predicted octanol–water partition coefficient (Wildman–Crippen LogP) is 0.354. The van der Waals surface area contributed by atoms with Crippen LogP contribution < -0.4 is 10.2 Å². The number of hydroxylamine groups is 1. The SMILES string of the molecule is Cc1ncc(Oc2cccnc2C(O)(O)NO)nc1C. The van der Waals surface area contributed by atoms with Crippen molar-refractivity contribution in [2.24, 2.45) is 0 Å². The van der Waals surface area contributed by atoms with Crippen molar-refractivity contribution >= 4 is 0 Å². The third kappa shape index (κ3) is 2.89. The van der Waals surface area contributed by atoms with Crippen molar-refractivity contribution in [3.05, 3.63) is 41.6 Å². The van der Waals surface area contributed by atoms with Crippen LogP contribution in [0.4, 0.5) is 0 Å². The molecule has 0 saturated carbocycles. The molecule has 106 valence electrons. The van der Waals surface area contributed by atoms with Crippen molar-refractivity contribution in [2.75, 3.05) is 0 Å². The largest absolute Gasteiger partial charge is 0.435 e. The van der Waals surface area contributed by atoms with Crippen LogP contribution in [-0.2, 0) is 5.91 Å². The Morgan fingerprint density at radius 2 is 1.95 bits per heavy atom. The Bertz CT molecular complexity index is 618. The normalized spacial score (nSPS) is 11.4. The summed E-state index contributed by atoms with van der Waals surface area (Å²) in [6, 6.07) is 3.00. The molecule has 2 aromatic rings. The second-order valence-corrected chi connectivity index (χ2v) is 4.12. The summed E-state index contributed by atoms with van der Waals surface area (Å²) in [5, 5.41) is 27.9. The highest BCUT2D eigenvalue weighted by atomic mass is 16.6. The molecule has 2 heterocycles. The molecule has 0 aliphatic carbocycles. The summed E-state index contributed by atoms with van der Waals surface area (Å²) in [6.45, 7) is 3.58. The van der Waals surface area contributed by atoms with Gasteiger partial charge in [0.05, 0.1) is 17.6 Å². The first kappa shape index (κ1) is 14.3. The Morgan fingerprint density at radius 3 is 2.60 bits per heavy atom. The van der Waals surface area contributed by atoms with Gasteiger partial charge in [0.2, 0.25) is 5.88 Å². The molecule has 4 N–H and O–H groups in total. The molecule has 0 unspecified atom stereocenters. The zero-order valence-electron chi connectivity index (χ0n) is 10.9. The number of ether oxygens (including phenoxy) is 1. The minimum Gasteiger partial charge on any atom is -0.435 e. The fraction of sp³-hybridized carbons (Fsp3) is 0.250. The molecule has 0 aliphatic rings. The van der Waals surface area contributed by atoms with Gasteiger partial charge < -0.3 is 20.2 Å². The first-order chi connectivity index (χ1) is 9.44. The maximum Gasteiger partial charge on any atom is 0.294 e. The zero-order valence-corrected chi connectivity index (χ0v) is 10.9. The van der Waals surface area contributed by atoms with Crippen LogP contribution in [0, 0.1) is 13.8 Å². The van der Waals surface area contributed by atoms with Gasteiger partial charge in [0, 0.05) is 6.20 Å². The van der Waals surface area contributed by atoms with Crippen LogP contribution in [0.3, 0.4) is 0 Å². The van der Waals surface area contributed by atoms with Gasteiger partial charge in [-0.15, -0.1) is 5.48 Å².